The van der Waals surface area contributed by atoms with Crippen LogP contribution in [0.25, 0.3) is 0 Å². The number of amides is 3. The summed E-state index contributed by atoms with van der Waals surface area (Å²) in [5.74, 6) is 0.258. The van der Waals surface area contributed by atoms with Crippen molar-refractivity contribution < 1.29 is 14.3 Å². The molecule has 1 heterocycles. The maximum absolute atomic E-state index is 12.7. The Morgan fingerprint density at radius 3 is 2.48 bits per heavy atom. The van der Waals surface area contributed by atoms with Gasteiger partial charge >= 0.3 is 6.03 Å². The van der Waals surface area contributed by atoms with Crippen molar-refractivity contribution in [2.45, 2.75) is 25.8 Å². The minimum Gasteiger partial charge on any atom is -0.378 e. The Hall–Kier alpha value is -2.86. The van der Waals surface area contributed by atoms with Gasteiger partial charge in [0.15, 0.2) is 0 Å². The number of nitrogens with one attached hydrogen (secondary N) is 2. The Kier molecular flexibility index (Phi) is 5.28. The van der Waals surface area contributed by atoms with E-state index in [-0.39, 0.29) is 23.4 Å². The van der Waals surface area contributed by atoms with Crippen LogP contribution in [-0.2, 0) is 4.74 Å². The number of morpholine rings is 1. The number of ether oxygens (including phenoxy) is 1. The van der Waals surface area contributed by atoms with E-state index in [1.165, 1.54) is 5.56 Å². The number of benzene rings is 2. The number of hydrogen-bond acceptors (Lipinski definition) is 3. The molecule has 2 aromatic carbocycles. The normalized spacial score (nSPS) is 22.6. The van der Waals surface area contributed by atoms with Crippen molar-refractivity contribution in [1.82, 2.24) is 10.2 Å². The lowest BCUT2D eigenvalue weighted by atomic mass is 10.0. The quantitative estimate of drug-likeness (QED) is 0.836. The first-order valence-electron chi connectivity index (χ1n) is 10.1. The van der Waals surface area contributed by atoms with Crippen molar-refractivity contribution in [2.75, 3.05) is 31.6 Å². The summed E-state index contributed by atoms with van der Waals surface area (Å²) in [6.07, 6.45) is 0. The fraction of sp³-hybridized carbons (Fsp3) is 0.391. The molecule has 6 heteroatoms. The summed E-state index contributed by atoms with van der Waals surface area (Å²) in [5, 5.41) is 5.97. The molecule has 1 aliphatic heterocycles. The number of rotatable bonds is 4. The summed E-state index contributed by atoms with van der Waals surface area (Å²) in [7, 11) is 0. The predicted octanol–water partition coefficient (Wildman–Crippen LogP) is 3.47. The van der Waals surface area contributed by atoms with Crippen LogP contribution in [0, 0.1) is 5.41 Å². The lowest BCUT2D eigenvalue weighted by Crippen LogP contribution is -2.40. The first-order chi connectivity index (χ1) is 14.0. The average molecular weight is 393 g/mol. The van der Waals surface area contributed by atoms with Crippen LogP contribution in [0.15, 0.2) is 54.6 Å². The fourth-order valence-electron chi connectivity index (χ4n) is 4.18. The summed E-state index contributed by atoms with van der Waals surface area (Å²) in [4.78, 5) is 27.0. The number of hydrogen-bond donors (Lipinski definition) is 2. The molecule has 1 aliphatic carbocycles. The molecule has 0 radical (unpaired) electrons. The molecule has 0 bridgehead atoms. The maximum Gasteiger partial charge on any atom is 0.319 e. The highest BCUT2D eigenvalue weighted by molar-refractivity contribution is 5.97. The van der Waals surface area contributed by atoms with Gasteiger partial charge in [-0.25, -0.2) is 4.79 Å². The highest BCUT2D eigenvalue weighted by Crippen LogP contribution is 2.58. The van der Waals surface area contributed by atoms with E-state index in [0.29, 0.717) is 43.5 Å². The molecule has 2 aromatic rings. The average Bonchev–Trinajstić information content (AvgIpc) is 3.28. The van der Waals surface area contributed by atoms with E-state index in [4.69, 9.17) is 4.74 Å². The smallest absolute Gasteiger partial charge is 0.319 e. The highest BCUT2D eigenvalue weighted by atomic mass is 16.5. The molecule has 6 nitrogen and oxygen atoms in total. The highest BCUT2D eigenvalue weighted by Gasteiger charge is 2.59. The summed E-state index contributed by atoms with van der Waals surface area (Å²) >= 11 is 0. The van der Waals surface area contributed by atoms with Gasteiger partial charge in [0.2, 0.25) is 0 Å². The third kappa shape index (κ3) is 4.12. The van der Waals surface area contributed by atoms with Gasteiger partial charge in [-0.1, -0.05) is 50.2 Å². The predicted molar refractivity (Wildman–Crippen MR) is 112 cm³/mol. The van der Waals surface area contributed by atoms with Crippen molar-refractivity contribution in [3.8, 4) is 0 Å². The first-order valence-corrected chi connectivity index (χ1v) is 10.1. The molecule has 29 heavy (non-hydrogen) atoms. The van der Waals surface area contributed by atoms with Gasteiger partial charge in [0.1, 0.15) is 0 Å². The molecule has 152 valence electrons. The van der Waals surface area contributed by atoms with Crippen molar-refractivity contribution in [3.05, 3.63) is 65.7 Å². The molecule has 2 aliphatic rings. The Morgan fingerprint density at radius 1 is 1.03 bits per heavy atom. The summed E-state index contributed by atoms with van der Waals surface area (Å²) in [5.41, 5.74) is 2.42. The van der Waals surface area contributed by atoms with Gasteiger partial charge in [0.05, 0.1) is 13.2 Å². The van der Waals surface area contributed by atoms with E-state index in [1.54, 1.807) is 29.2 Å². The van der Waals surface area contributed by atoms with E-state index in [2.05, 4.69) is 36.6 Å². The second-order valence-corrected chi connectivity index (χ2v) is 8.27. The van der Waals surface area contributed by atoms with Crippen molar-refractivity contribution >= 4 is 17.6 Å². The SMILES string of the molecule is CC1(C)[C@@H](NC(=O)Nc2cccc(C(=O)N3CCOCC3)c2)[C@@H]1c1ccccc1. The van der Waals surface area contributed by atoms with E-state index in [0.717, 1.165) is 0 Å². The second-order valence-electron chi connectivity index (χ2n) is 8.27. The molecule has 0 aromatic heterocycles. The molecular weight excluding hydrogens is 366 g/mol. The van der Waals surface area contributed by atoms with Crippen LogP contribution in [0.5, 0.6) is 0 Å². The molecule has 1 saturated carbocycles. The monoisotopic (exact) mass is 393 g/mol. The number of anilines is 1. The van der Waals surface area contributed by atoms with E-state index >= 15 is 0 Å². The second kappa shape index (κ2) is 7.87. The molecule has 4 rings (SSSR count). The molecule has 0 spiro atoms. The molecule has 2 N–H and O–H groups in total. The van der Waals surface area contributed by atoms with Gasteiger partial charge in [0.25, 0.3) is 5.91 Å². The Balaban J connectivity index is 1.38. The Bertz CT molecular complexity index is 891. The van der Waals surface area contributed by atoms with Crippen LogP contribution in [0.2, 0.25) is 0 Å². The van der Waals surface area contributed by atoms with Crippen LogP contribution in [0.3, 0.4) is 0 Å². The summed E-state index contributed by atoms with van der Waals surface area (Å²) in [6.45, 7) is 6.63. The molecule has 3 amide bonds. The molecule has 2 atom stereocenters. The van der Waals surface area contributed by atoms with Gasteiger partial charge in [0, 0.05) is 36.3 Å². The number of carbonyl (C=O) groups is 2. The summed E-state index contributed by atoms with van der Waals surface area (Å²) < 4.78 is 5.30. The topological polar surface area (TPSA) is 70.7 Å². The van der Waals surface area contributed by atoms with Crippen LogP contribution in [-0.4, -0.2) is 49.2 Å². The van der Waals surface area contributed by atoms with Gasteiger partial charge in [-0.2, -0.15) is 0 Å². The van der Waals surface area contributed by atoms with Gasteiger partial charge < -0.3 is 20.3 Å². The zero-order valence-corrected chi connectivity index (χ0v) is 16.9. The van der Waals surface area contributed by atoms with Crippen LogP contribution in [0.4, 0.5) is 10.5 Å². The largest absolute Gasteiger partial charge is 0.378 e. The van der Waals surface area contributed by atoms with Gasteiger partial charge in [-0.15, -0.1) is 0 Å². The molecule has 2 fully saturated rings. The standard InChI is InChI=1S/C23H27N3O3/c1-23(2)19(16-7-4-3-5-8-16)20(23)25-22(28)24-18-10-6-9-17(15-18)21(27)26-11-13-29-14-12-26/h3-10,15,19-20H,11-14H2,1-2H3,(H2,24,25,28)/t19-,20-/m0/s1. The maximum atomic E-state index is 12.7. The Morgan fingerprint density at radius 2 is 1.76 bits per heavy atom. The Labute approximate surface area is 171 Å². The van der Waals surface area contributed by atoms with Crippen molar-refractivity contribution in [3.63, 3.8) is 0 Å². The van der Waals surface area contributed by atoms with E-state index in [1.807, 2.05) is 18.2 Å². The number of urea groups is 1. The van der Waals surface area contributed by atoms with Crippen LogP contribution in [0.1, 0.15) is 35.7 Å². The van der Waals surface area contributed by atoms with Crippen LogP contribution < -0.4 is 10.6 Å². The third-order valence-electron chi connectivity index (χ3n) is 5.94. The van der Waals surface area contributed by atoms with Gasteiger partial charge in [-0.3, -0.25) is 4.79 Å². The summed E-state index contributed by atoms with van der Waals surface area (Å²) in [6, 6.07) is 17.2. The van der Waals surface area contributed by atoms with Gasteiger partial charge in [-0.05, 0) is 29.2 Å². The zero-order valence-electron chi connectivity index (χ0n) is 16.9. The van der Waals surface area contributed by atoms with Crippen molar-refractivity contribution in [2.24, 2.45) is 5.41 Å². The lowest BCUT2D eigenvalue weighted by molar-refractivity contribution is 0.0303. The molecule has 1 saturated heterocycles. The minimum absolute atomic E-state index is 0.00679. The molecule has 0 unspecified atom stereocenters. The van der Waals surface area contributed by atoms with Crippen molar-refractivity contribution in [1.29, 1.82) is 0 Å². The minimum atomic E-state index is -0.252. The van der Waals surface area contributed by atoms with E-state index in [9.17, 15) is 9.59 Å². The number of carbonyl (C=O) groups excluding carboxylic acids is 2. The van der Waals surface area contributed by atoms with Crippen LogP contribution >= 0.6 is 0 Å². The third-order valence-corrected chi connectivity index (χ3v) is 5.94. The zero-order chi connectivity index (χ0) is 20.4. The fourth-order valence-corrected chi connectivity index (χ4v) is 4.18. The molecular formula is C23H27N3O3. The van der Waals surface area contributed by atoms with E-state index < -0.39 is 0 Å². The number of nitrogens with zero attached hydrogens (tertiary/aromatic N) is 1. The first kappa shape index (κ1) is 19.5. The lowest BCUT2D eigenvalue weighted by Gasteiger charge is -2.27.